The summed E-state index contributed by atoms with van der Waals surface area (Å²) in [7, 11) is 7.87. The molecule has 0 aromatic carbocycles. The van der Waals surface area contributed by atoms with Crippen molar-refractivity contribution in [3.05, 3.63) is 24.3 Å². The zero-order valence-corrected chi connectivity index (χ0v) is 40.7. The first-order chi connectivity index (χ1) is 30.5. The van der Waals surface area contributed by atoms with Crippen LogP contribution in [0, 0.1) is 35.5 Å². The summed E-state index contributed by atoms with van der Waals surface area (Å²) >= 11 is 0. The van der Waals surface area contributed by atoms with E-state index in [1.807, 2.05) is 28.4 Å². The van der Waals surface area contributed by atoms with E-state index in [4.69, 9.17) is 18.9 Å². The van der Waals surface area contributed by atoms with Gasteiger partial charge in [-0.25, -0.2) is 0 Å². The van der Waals surface area contributed by atoms with E-state index in [0.29, 0.717) is 36.3 Å². The van der Waals surface area contributed by atoms with Gasteiger partial charge >= 0.3 is 0 Å². The Bertz CT molecular complexity index is 1230. The van der Waals surface area contributed by atoms with E-state index in [-0.39, 0.29) is 0 Å². The van der Waals surface area contributed by atoms with Crippen LogP contribution in [0.15, 0.2) is 24.3 Å². The van der Waals surface area contributed by atoms with Crippen LogP contribution >= 0.6 is 0 Å². The van der Waals surface area contributed by atoms with Crippen LogP contribution in [0.5, 0.6) is 0 Å². The lowest BCUT2D eigenvalue weighted by Crippen LogP contribution is -2.53. The molecule has 10 atom stereocenters. The third kappa shape index (κ3) is 12.4. The molecule has 8 rings (SSSR count). The first kappa shape index (κ1) is 47.7. The fourth-order valence-corrected chi connectivity index (χ4v) is 15.7. The van der Waals surface area contributed by atoms with Crippen LogP contribution in [0.2, 0.25) is 0 Å². The summed E-state index contributed by atoms with van der Waals surface area (Å²) in [5.74, 6) is 4.20. The first-order valence-corrected chi connectivity index (χ1v) is 27.6. The van der Waals surface area contributed by atoms with Gasteiger partial charge in [0.2, 0.25) is 0 Å². The van der Waals surface area contributed by atoms with E-state index in [2.05, 4.69) is 34.1 Å². The summed E-state index contributed by atoms with van der Waals surface area (Å²) in [5, 5.41) is 0. The van der Waals surface area contributed by atoms with Crippen LogP contribution in [0.3, 0.4) is 0 Å². The van der Waals surface area contributed by atoms with Crippen LogP contribution in [-0.4, -0.2) is 98.9 Å². The van der Waals surface area contributed by atoms with E-state index in [1.54, 1.807) is 0 Å². The predicted molar refractivity (Wildman–Crippen MR) is 257 cm³/mol. The quantitative estimate of drug-likeness (QED) is 0.153. The third-order valence-electron chi connectivity index (χ3n) is 19.3. The van der Waals surface area contributed by atoms with E-state index in [0.717, 1.165) is 59.9 Å². The predicted octanol–water partition coefficient (Wildman–Crippen LogP) is 13.3. The van der Waals surface area contributed by atoms with E-state index < -0.39 is 0 Å². The highest BCUT2D eigenvalue weighted by atomic mass is 16.5. The third-order valence-corrected chi connectivity index (χ3v) is 19.3. The Morgan fingerprint density at radius 3 is 1.05 bits per heavy atom. The van der Waals surface area contributed by atoms with Crippen LogP contribution in [0.25, 0.3) is 0 Å². The molecule has 6 nitrogen and oxygen atoms in total. The Morgan fingerprint density at radius 2 is 0.677 bits per heavy atom. The molecule has 0 heterocycles. The smallest absolute Gasteiger partial charge is 0.0636 e. The van der Waals surface area contributed by atoms with Gasteiger partial charge in [-0.2, -0.15) is 0 Å². The lowest BCUT2D eigenvalue weighted by atomic mass is 9.67. The van der Waals surface area contributed by atoms with Crippen LogP contribution in [-0.2, 0) is 18.9 Å². The molecule has 0 spiro atoms. The van der Waals surface area contributed by atoms with Crippen molar-refractivity contribution in [1.29, 1.82) is 0 Å². The van der Waals surface area contributed by atoms with Gasteiger partial charge in [-0.15, -0.1) is 0 Å². The summed E-state index contributed by atoms with van der Waals surface area (Å²) in [6, 6.07) is 4.69. The molecule has 0 aromatic rings. The number of allylic oxidation sites excluding steroid dienone is 2. The minimum Gasteiger partial charge on any atom is -0.381 e. The fourth-order valence-electron chi connectivity index (χ4n) is 15.7. The molecule has 62 heavy (non-hydrogen) atoms. The summed E-state index contributed by atoms with van der Waals surface area (Å²) in [6.07, 6.45) is 55.9. The van der Waals surface area contributed by atoms with Crippen molar-refractivity contribution in [1.82, 2.24) is 9.80 Å². The molecule has 8 aliphatic carbocycles. The van der Waals surface area contributed by atoms with Gasteiger partial charge in [0, 0.05) is 76.5 Å². The maximum atomic E-state index is 6.33. The summed E-state index contributed by atoms with van der Waals surface area (Å²) < 4.78 is 24.5. The summed E-state index contributed by atoms with van der Waals surface area (Å²) in [5.41, 5.74) is 0. The Labute approximate surface area is 381 Å². The molecule has 10 unspecified atom stereocenters. The molecule has 0 amide bonds. The molecule has 0 bridgehead atoms. The summed E-state index contributed by atoms with van der Waals surface area (Å²) in [6.45, 7) is 0. The van der Waals surface area contributed by atoms with Gasteiger partial charge in [0.15, 0.2) is 0 Å². The van der Waals surface area contributed by atoms with Crippen LogP contribution in [0.1, 0.15) is 205 Å². The summed E-state index contributed by atoms with van der Waals surface area (Å²) in [4.78, 5) is 6.19. The zero-order valence-electron chi connectivity index (χ0n) is 40.7. The maximum Gasteiger partial charge on any atom is 0.0636 e. The number of ether oxygens (including phenoxy) is 4. The van der Waals surface area contributed by atoms with Gasteiger partial charge in [-0.05, 0) is 191 Å². The van der Waals surface area contributed by atoms with Gasteiger partial charge in [0.1, 0.15) is 0 Å². The molecule has 0 aliphatic heterocycles. The second kappa shape index (κ2) is 24.3. The normalized spacial score (nSPS) is 41.4. The number of methoxy groups -OCH3 is 4. The lowest BCUT2D eigenvalue weighted by Gasteiger charge is -2.49. The van der Waals surface area contributed by atoms with Crippen molar-refractivity contribution < 1.29 is 18.9 Å². The van der Waals surface area contributed by atoms with Crippen LogP contribution < -0.4 is 0 Å². The first-order valence-electron chi connectivity index (χ1n) is 27.6. The molecule has 8 aliphatic rings. The standard InChI is InChI=1S/C56H96N2O4/c1-59-53-19-11-17-51(39-53)57(47-13-7-5-8-14-47)49-33-23-41(24-34-49)21-27-43-29-31-45(37-55(43)61-3)46-32-30-44(56(38-46)62-4)28-22-42-25-35-50(36-26-42)58(48-15-9-6-10-16-48)52-18-12-20-54(40-52)60-2/h21-22,27-28,41-56H,5-20,23-26,29-40H2,1-4H3. The second-order valence-corrected chi connectivity index (χ2v) is 22.8. The lowest BCUT2D eigenvalue weighted by molar-refractivity contribution is -0.0262. The molecule has 8 saturated carbocycles. The second-order valence-electron chi connectivity index (χ2n) is 22.8. The molecular formula is C56H96N2O4. The Morgan fingerprint density at radius 1 is 0.306 bits per heavy atom. The highest BCUT2D eigenvalue weighted by molar-refractivity contribution is 5.05. The molecule has 8 fully saturated rings. The van der Waals surface area contributed by atoms with E-state index >= 15 is 0 Å². The van der Waals surface area contributed by atoms with Crippen molar-refractivity contribution in [2.45, 2.75) is 266 Å². The van der Waals surface area contributed by atoms with Crippen molar-refractivity contribution in [2.24, 2.45) is 35.5 Å². The molecule has 0 radical (unpaired) electrons. The van der Waals surface area contributed by atoms with Crippen molar-refractivity contribution in [2.75, 3.05) is 28.4 Å². The molecule has 6 heteroatoms. The zero-order chi connectivity index (χ0) is 42.7. The average Bonchev–Trinajstić information content (AvgIpc) is 3.34. The van der Waals surface area contributed by atoms with Crippen LogP contribution in [0.4, 0.5) is 0 Å². The highest BCUT2D eigenvalue weighted by Crippen LogP contribution is 2.45. The number of nitrogens with zero attached hydrogens (tertiary/aromatic N) is 2. The van der Waals surface area contributed by atoms with Gasteiger partial charge < -0.3 is 18.9 Å². The van der Waals surface area contributed by atoms with E-state index in [9.17, 15) is 0 Å². The fraction of sp³-hybridized carbons (Fsp3) is 0.929. The highest BCUT2D eigenvalue weighted by Gasteiger charge is 2.41. The molecule has 0 aromatic heterocycles. The Kier molecular flexibility index (Phi) is 18.7. The largest absolute Gasteiger partial charge is 0.381 e. The number of hydrogen-bond acceptors (Lipinski definition) is 6. The Hall–Kier alpha value is -0.760. The Balaban J connectivity index is 0.783. The minimum atomic E-state index is 0.366. The number of hydrogen-bond donors (Lipinski definition) is 0. The van der Waals surface area contributed by atoms with Gasteiger partial charge in [-0.1, -0.05) is 62.8 Å². The van der Waals surface area contributed by atoms with Gasteiger partial charge in [-0.3, -0.25) is 9.80 Å². The van der Waals surface area contributed by atoms with Crippen molar-refractivity contribution in [3.8, 4) is 0 Å². The topological polar surface area (TPSA) is 43.4 Å². The minimum absolute atomic E-state index is 0.366. The molecule has 0 saturated heterocycles. The van der Waals surface area contributed by atoms with Crippen molar-refractivity contribution in [3.63, 3.8) is 0 Å². The van der Waals surface area contributed by atoms with Crippen molar-refractivity contribution >= 4 is 0 Å². The monoisotopic (exact) mass is 861 g/mol. The molecule has 354 valence electrons. The van der Waals surface area contributed by atoms with Gasteiger partial charge in [0.25, 0.3) is 0 Å². The number of rotatable bonds is 15. The SMILES string of the molecule is COC1CCCC(N(C2CCCCC2)C2CCC(C=CC3CCC(C4CCC(C=CC5CCC(N(C6CCCCC6)C6CCCC(OC)C6)CC5)C(OC)C4)CC3OC)CC2)C1. The molecular weight excluding hydrogens is 765 g/mol. The molecule has 0 N–H and O–H groups in total. The average molecular weight is 861 g/mol. The van der Waals surface area contributed by atoms with E-state index in [1.165, 1.54) is 205 Å². The van der Waals surface area contributed by atoms with Gasteiger partial charge in [0.05, 0.1) is 24.4 Å². The maximum absolute atomic E-state index is 6.33.